The summed E-state index contributed by atoms with van der Waals surface area (Å²) in [5.74, 6) is -0.0998. The Labute approximate surface area is 128 Å². The zero-order valence-corrected chi connectivity index (χ0v) is 13.7. The second-order valence-electron chi connectivity index (χ2n) is 5.77. The summed E-state index contributed by atoms with van der Waals surface area (Å²) >= 11 is 3.39. The van der Waals surface area contributed by atoms with Gasteiger partial charge in [0.25, 0.3) is 5.91 Å². The van der Waals surface area contributed by atoms with Gasteiger partial charge in [0, 0.05) is 28.2 Å². The monoisotopic (exact) mass is 340 g/mol. The molecule has 1 amide bonds. The summed E-state index contributed by atoms with van der Waals surface area (Å²) in [7, 11) is 0. The van der Waals surface area contributed by atoms with Crippen molar-refractivity contribution in [2.45, 2.75) is 39.3 Å². The summed E-state index contributed by atoms with van der Waals surface area (Å²) in [5.41, 5.74) is 6.85. The lowest BCUT2D eigenvalue weighted by Gasteiger charge is -2.51. The molecule has 1 aliphatic rings. The van der Waals surface area contributed by atoms with Gasteiger partial charge >= 0.3 is 0 Å². The first kappa shape index (κ1) is 15.3. The molecule has 1 aromatic carbocycles. The van der Waals surface area contributed by atoms with Crippen LogP contribution in [0.5, 0.6) is 0 Å². The van der Waals surface area contributed by atoms with E-state index in [9.17, 15) is 4.79 Å². The average molecular weight is 341 g/mol. The summed E-state index contributed by atoms with van der Waals surface area (Å²) in [6.07, 6.45) is 1.06. The van der Waals surface area contributed by atoms with Crippen molar-refractivity contribution in [1.82, 2.24) is 5.32 Å². The fraction of sp³-hybridized carbons (Fsp3) is 0.533. The van der Waals surface area contributed by atoms with Crippen molar-refractivity contribution in [2.75, 3.05) is 12.3 Å². The molecule has 20 heavy (non-hydrogen) atoms. The first-order valence-corrected chi connectivity index (χ1v) is 7.63. The number of carbonyl (C=O) groups excluding carboxylic acids is 1. The van der Waals surface area contributed by atoms with Crippen molar-refractivity contribution in [3.05, 3.63) is 28.2 Å². The largest absolute Gasteiger partial charge is 0.399 e. The van der Waals surface area contributed by atoms with Crippen LogP contribution in [0.2, 0.25) is 0 Å². The van der Waals surface area contributed by atoms with Crippen molar-refractivity contribution in [3.63, 3.8) is 0 Å². The second-order valence-corrected chi connectivity index (χ2v) is 6.62. The van der Waals surface area contributed by atoms with Crippen molar-refractivity contribution in [1.29, 1.82) is 0 Å². The van der Waals surface area contributed by atoms with Gasteiger partial charge < -0.3 is 15.8 Å². The third-order valence-corrected chi connectivity index (χ3v) is 4.78. The molecule has 0 spiro atoms. The molecule has 5 heteroatoms. The van der Waals surface area contributed by atoms with E-state index in [0.717, 1.165) is 10.9 Å². The van der Waals surface area contributed by atoms with E-state index in [1.165, 1.54) is 0 Å². The van der Waals surface area contributed by atoms with Gasteiger partial charge in [-0.15, -0.1) is 0 Å². The number of anilines is 1. The maximum atomic E-state index is 12.3. The third kappa shape index (κ3) is 2.83. The van der Waals surface area contributed by atoms with Gasteiger partial charge in [0.05, 0.1) is 11.7 Å². The van der Waals surface area contributed by atoms with Crippen molar-refractivity contribution >= 4 is 27.5 Å². The molecule has 110 valence electrons. The van der Waals surface area contributed by atoms with Gasteiger partial charge in [-0.25, -0.2) is 0 Å². The molecule has 0 aromatic heterocycles. The minimum absolute atomic E-state index is 0.0432. The number of nitrogens with one attached hydrogen (secondary N) is 1. The first-order chi connectivity index (χ1) is 9.36. The highest BCUT2D eigenvalue weighted by atomic mass is 79.9. The molecule has 0 heterocycles. The number of hydrogen-bond donors (Lipinski definition) is 2. The quantitative estimate of drug-likeness (QED) is 0.828. The number of benzene rings is 1. The predicted molar refractivity (Wildman–Crippen MR) is 83.6 cm³/mol. The molecule has 0 bridgehead atoms. The summed E-state index contributed by atoms with van der Waals surface area (Å²) in [5, 5.41) is 3.07. The third-order valence-electron chi connectivity index (χ3n) is 4.09. The Morgan fingerprint density at radius 1 is 1.55 bits per heavy atom. The fourth-order valence-electron chi connectivity index (χ4n) is 2.57. The number of halogens is 1. The van der Waals surface area contributed by atoms with Gasteiger partial charge in [0.15, 0.2) is 0 Å². The molecule has 1 aromatic rings. The molecule has 0 saturated heterocycles. The highest BCUT2D eigenvalue weighted by Crippen LogP contribution is 2.42. The van der Waals surface area contributed by atoms with E-state index in [1.54, 1.807) is 18.2 Å². The Morgan fingerprint density at radius 2 is 2.25 bits per heavy atom. The van der Waals surface area contributed by atoms with Gasteiger partial charge in [-0.2, -0.15) is 0 Å². The smallest absolute Gasteiger partial charge is 0.252 e. The van der Waals surface area contributed by atoms with E-state index in [4.69, 9.17) is 10.5 Å². The molecule has 0 aliphatic heterocycles. The van der Waals surface area contributed by atoms with E-state index in [1.807, 2.05) is 6.92 Å². The molecule has 1 fully saturated rings. The van der Waals surface area contributed by atoms with Crippen LogP contribution >= 0.6 is 15.9 Å². The summed E-state index contributed by atoms with van der Waals surface area (Å²) in [4.78, 5) is 12.3. The van der Waals surface area contributed by atoms with E-state index in [0.29, 0.717) is 17.9 Å². The van der Waals surface area contributed by atoms with Crippen LogP contribution in [0.4, 0.5) is 5.69 Å². The number of ether oxygens (including phenoxy) is 1. The Hall–Kier alpha value is -1.07. The van der Waals surface area contributed by atoms with E-state index in [-0.39, 0.29) is 23.5 Å². The summed E-state index contributed by atoms with van der Waals surface area (Å²) < 4.78 is 6.43. The van der Waals surface area contributed by atoms with Crippen LogP contribution in [-0.4, -0.2) is 24.7 Å². The maximum Gasteiger partial charge on any atom is 0.252 e. The average Bonchev–Trinajstić information content (AvgIpc) is 2.40. The lowest BCUT2D eigenvalue weighted by molar-refractivity contribution is -0.111. The first-order valence-electron chi connectivity index (χ1n) is 6.83. The van der Waals surface area contributed by atoms with Crippen LogP contribution in [0, 0.1) is 5.41 Å². The van der Waals surface area contributed by atoms with Gasteiger partial charge in [-0.05, 0) is 47.5 Å². The lowest BCUT2D eigenvalue weighted by atomic mass is 9.64. The lowest BCUT2D eigenvalue weighted by Crippen LogP contribution is -2.62. The second kappa shape index (κ2) is 5.74. The fourth-order valence-corrected chi connectivity index (χ4v) is 2.99. The Morgan fingerprint density at radius 3 is 2.85 bits per heavy atom. The Kier molecular flexibility index (Phi) is 4.39. The Bertz CT molecular complexity index is 517. The zero-order chi connectivity index (χ0) is 14.9. The van der Waals surface area contributed by atoms with Gasteiger partial charge in [0.2, 0.25) is 0 Å². The van der Waals surface area contributed by atoms with Gasteiger partial charge in [-0.3, -0.25) is 4.79 Å². The zero-order valence-electron chi connectivity index (χ0n) is 12.1. The van der Waals surface area contributed by atoms with Gasteiger partial charge in [-0.1, -0.05) is 13.8 Å². The normalized spacial score (nSPS) is 24.0. The molecule has 0 radical (unpaired) electrons. The predicted octanol–water partition coefficient (Wildman–Crippen LogP) is 2.96. The molecule has 2 atom stereocenters. The van der Waals surface area contributed by atoms with Crippen LogP contribution in [0.15, 0.2) is 22.7 Å². The van der Waals surface area contributed by atoms with Crippen molar-refractivity contribution < 1.29 is 9.53 Å². The van der Waals surface area contributed by atoms with Crippen LogP contribution in [0.25, 0.3) is 0 Å². The molecule has 1 saturated carbocycles. The number of amides is 1. The molecule has 2 rings (SSSR count). The summed E-state index contributed by atoms with van der Waals surface area (Å²) in [6, 6.07) is 5.36. The number of nitrogen functional groups attached to an aromatic ring is 1. The van der Waals surface area contributed by atoms with E-state index in [2.05, 4.69) is 35.1 Å². The Balaban J connectivity index is 2.05. The highest BCUT2D eigenvalue weighted by molar-refractivity contribution is 9.10. The van der Waals surface area contributed by atoms with Crippen LogP contribution in [0.1, 0.15) is 37.6 Å². The number of rotatable bonds is 4. The minimum atomic E-state index is -0.0998. The van der Waals surface area contributed by atoms with Crippen LogP contribution in [-0.2, 0) is 4.74 Å². The van der Waals surface area contributed by atoms with Crippen molar-refractivity contribution in [3.8, 4) is 0 Å². The molecular weight excluding hydrogens is 320 g/mol. The van der Waals surface area contributed by atoms with E-state index >= 15 is 0 Å². The number of nitrogens with two attached hydrogens (primary N) is 1. The molecular formula is C15H21BrN2O2. The summed E-state index contributed by atoms with van der Waals surface area (Å²) in [6.45, 7) is 6.94. The number of carbonyl (C=O) groups is 1. The molecule has 2 unspecified atom stereocenters. The van der Waals surface area contributed by atoms with Crippen LogP contribution < -0.4 is 11.1 Å². The molecule has 4 nitrogen and oxygen atoms in total. The highest BCUT2D eigenvalue weighted by Gasteiger charge is 2.49. The van der Waals surface area contributed by atoms with Crippen molar-refractivity contribution in [2.24, 2.45) is 5.41 Å². The SMILES string of the molecule is CCOC1CC(NC(=O)c2cc(N)ccc2Br)C1(C)C. The van der Waals surface area contributed by atoms with Gasteiger partial charge in [0.1, 0.15) is 0 Å². The molecule has 3 N–H and O–H groups in total. The topological polar surface area (TPSA) is 64.3 Å². The maximum absolute atomic E-state index is 12.3. The standard InChI is InChI=1S/C15H21BrN2O2/c1-4-20-13-8-12(15(13,2)3)18-14(19)10-7-9(17)5-6-11(10)16/h5-7,12-13H,4,8,17H2,1-3H3,(H,18,19). The minimum Gasteiger partial charge on any atom is -0.399 e. The number of hydrogen-bond acceptors (Lipinski definition) is 3. The van der Waals surface area contributed by atoms with E-state index < -0.39 is 0 Å². The van der Waals surface area contributed by atoms with Crippen LogP contribution in [0.3, 0.4) is 0 Å². The molecule has 1 aliphatic carbocycles.